The van der Waals surface area contributed by atoms with Gasteiger partial charge < -0.3 is 4.90 Å². The van der Waals surface area contributed by atoms with Crippen molar-refractivity contribution in [1.82, 2.24) is 0 Å². The Labute approximate surface area is 177 Å². The Hall–Kier alpha value is -3.11. The lowest BCUT2D eigenvalue weighted by Crippen LogP contribution is -2.34. The fourth-order valence-corrected chi connectivity index (χ4v) is 2.83. The van der Waals surface area contributed by atoms with Gasteiger partial charge in [-0.15, -0.1) is 0 Å². The zero-order valence-electron chi connectivity index (χ0n) is 15.8. The predicted molar refractivity (Wildman–Crippen MR) is 91.3 cm³/mol. The molecule has 14 heteroatoms. The lowest BCUT2D eigenvalue weighted by Gasteiger charge is -2.28. The third kappa shape index (κ3) is 6.93. The molecule has 0 aliphatic rings. The first-order valence-electron chi connectivity index (χ1n) is 8.50. The quantitative estimate of drug-likeness (QED) is 0.310. The van der Waals surface area contributed by atoms with Crippen LogP contribution < -0.4 is 4.90 Å². The van der Waals surface area contributed by atoms with Crippen molar-refractivity contribution in [3.63, 3.8) is 0 Å². The molecule has 0 atom stereocenters. The molecule has 0 saturated heterocycles. The van der Waals surface area contributed by atoms with Crippen LogP contribution in [0, 0.1) is 6.57 Å². The third-order valence-corrected chi connectivity index (χ3v) is 4.16. The molecule has 0 saturated carbocycles. The monoisotopic (exact) mass is 494 g/mol. The van der Waals surface area contributed by atoms with Gasteiger partial charge in [-0.2, -0.15) is 52.7 Å². The van der Waals surface area contributed by atoms with Gasteiger partial charge in [0.05, 0.1) is 23.3 Å². The second-order valence-electron chi connectivity index (χ2n) is 6.70. The first kappa shape index (κ1) is 26.1. The van der Waals surface area contributed by atoms with Gasteiger partial charge in [0.2, 0.25) is 0 Å². The smallest absolute Gasteiger partial charge is 0.358 e. The van der Waals surface area contributed by atoms with Crippen LogP contribution in [-0.2, 0) is 25.1 Å². The molecule has 0 radical (unpaired) electrons. The van der Waals surface area contributed by atoms with E-state index in [0.29, 0.717) is 12.1 Å². The molecule has 0 amide bonds. The molecule has 0 unspecified atom stereocenters. The molecule has 180 valence electrons. The Morgan fingerprint density at radius 1 is 0.697 bits per heavy atom. The summed E-state index contributed by atoms with van der Waals surface area (Å²) in [5.74, 6) is 0. The number of hydrogen-bond donors (Lipinski definition) is 0. The van der Waals surface area contributed by atoms with Crippen molar-refractivity contribution in [3.05, 3.63) is 70.1 Å². The average molecular weight is 494 g/mol. The van der Waals surface area contributed by atoms with Crippen molar-refractivity contribution >= 4 is 11.4 Å². The summed E-state index contributed by atoms with van der Waals surface area (Å²) in [6.07, 6.45) is -20.8. The SMILES string of the molecule is [C-]#[N+]c1ccc(N(Cc2cc(C(F)(F)F)cc(C(F)(F)F)c2)CC(F)(F)F)cc1C(F)(F)F. The summed E-state index contributed by atoms with van der Waals surface area (Å²) < 4.78 is 157. The van der Waals surface area contributed by atoms with Crippen molar-refractivity contribution in [2.45, 2.75) is 31.2 Å². The highest BCUT2D eigenvalue weighted by Crippen LogP contribution is 2.40. The Bertz CT molecular complexity index is 1010. The lowest BCUT2D eigenvalue weighted by molar-refractivity contribution is -0.143. The van der Waals surface area contributed by atoms with E-state index >= 15 is 0 Å². The summed E-state index contributed by atoms with van der Waals surface area (Å²) in [4.78, 5) is 2.75. The van der Waals surface area contributed by atoms with Gasteiger partial charge in [0, 0.05) is 12.2 Å². The molecule has 2 aromatic rings. The molecular formula is C19H10F12N2. The Kier molecular flexibility index (Phi) is 6.87. The first-order chi connectivity index (χ1) is 14.8. The number of rotatable bonds is 4. The maximum Gasteiger partial charge on any atom is 0.416 e. The number of benzene rings is 2. The van der Waals surface area contributed by atoms with Crippen molar-refractivity contribution in [2.24, 2.45) is 0 Å². The van der Waals surface area contributed by atoms with E-state index in [4.69, 9.17) is 6.57 Å². The Morgan fingerprint density at radius 3 is 1.61 bits per heavy atom. The van der Waals surface area contributed by atoms with E-state index in [2.05, 4.69) is 4.85 Å². The predicted octanol–water partition coefficient (Wildman–Crippen LogP) is 7.86. The van der Waals surface area contributed by atoms with E-state index in [-0.39, 0.29) is 29.2 Å². The van der Waals surface area contributed by atoms with E-state index < -0.39 is 71.4 Å². The second kappa shape index (κ2) is 8.68. The van der Waals surface area contributed by atoms with E-state index in [1.165, 1.54) is 0 Å². The number of hydrogen-bond acceptors (Lipinski definition) is 1. The van der Waals surface area contributed by atoms with Gasteiger partial charge >= 0.3 is 24.7 Å². The molecule has 2 rings (SSSR count). The Balaban J connectivity index is 2.63. The zero-order valence-corrected chi connectivity index (χ0v) is 15.8. The standard InChI is InChI=1S/C19H10F12N2/c1-32-15-3-2-13(7-14(15)19(29,30)31)33(9-16(20,21)22)8-10-4-11(17(23,24)25)6-12(5-10)18(26,27)28/h2-7H,8-9H2. The van der Waals surface area contributed by atoms with Crippen LogP contribution in [0.5, 0.6) is 0 Å². The van der Waals surface area contributed by atoms with Gasteiger partial charge in [-0.1, -0.05) is 6.07 Å². The van der Waals surface area contributed by atoms with E-state index in [0.717, 1.165) is 0 Å². The summed E-state index contributed by atoms with van der Waals surface area (Å²) in [7, 11) is 0. The minimum Gasteiger partial charge on any atom is -0.358 e. The van der Waals surface area contributed by atoms with Crippen molar-refractivity contribution in [1.29, 1.82) is 0 Å². The highest BCUT2D eigenvalue weighted by Gasteiger charge is 2.38. The van der Waals surface area contributed by atoms with Gasteiger partial charge in [-0.25, -0.2) is 4.85 Å². The summed E-state index contributed by atoms with van der Waals surface area (Å²) in [6.45, 7) is 3.53. The van der Waals surface area contributed by atoms with Crippen LogP contribution in [0.25, 0.3) is 4.85 Å². The number of anilines is 1. The number of halogens is 12. The van der Waals surface area contributed by atoms with Gasteiger partial charge in [0.1, 0.15) is 6.54 Å². The van der Waals surface area contributed by atoms with Gasteiger partial charge in [0.15, 0.2) is 5.69 Å². The molecule has 33 heavy (non-hydrogen) atoms. The van der Waals surface area contributed by atoms with Crippen molar-refractivity contribution in [2.75, 3.05) is 11.4 Å². The molecule has 0 N–H and O–H groups in total. The number of alkyl halides is 12. The normalized spacial score (nSPS) is 13.1. The molecule has 0 aromatic heterocycles. The highest BCUT2D eigenvalue weighted by molar-refractivity contribution is 5.62. The largest absolute Gasteiger partial charge is 0.416 e. The molecule has 0 fully saturated rings. The lowest BCUT2D eigenvalue weighted by atomic mass is 10.0. The van der Waals surface area contributed by atoms with Crippen LogP contribution in [0.4, 0.5) is 64.1 Å². The van der Waals surface area contributed by atoms with Crippen molar-refractivity contribution in [3.8, 4) is 0 Å². The fourth-order valence-electron chi connectivity index (χ4n) is 2.83. The van der Waals surface area contributed by atoms with Gasteiger partial charge in [-0.3, -0.25) is 0 Å². The maximum atomic E-state index is 13.2. The van der Waals surface area contributed by atoms with Crippen LogP contribution in [0.1, 0.15) is 22.3 Å². The van der Waals surface area contributed by atoms with Gasteiger partial charge in [-0.05, 0) is 35.9 Å². The van der Waals surface area contributed by atoms with Crippen LogP contribution in [0.3, 0.4) is 0 Å². The first-order valence-corrected chi connectivity index (χ1v) is 8.50. The third-order valence-electron chi connectivity index (χ3n) is 4.16. The summed E-state index contributed by atoms with van der Waals surface area (Å²) in [5, 5.41) is 0. The average Bonchev–Trinajstić information content (AvgIpc) is 2.63. The van der Waals surface area contributed by atoms with Crippen molar-refractivity contribution < 1.29 is 52.7 Å². The molecule has 0 heterocycles. The van der Waals surface area contributed by atoms with Crippen LogP contribution in [0.2, 0.25) is 0 Å². The highest BCUT2D eigenvalue weighted by atomic mass is 19.4. The van der Waals surface area contributed by atoms with Crippen LogP contribution in [-0.4, -0.2) is 12.7 Å². The molecular weight excluding hydrogens is 484 g/mol. The Morgan fingerprint density at radius 2 is 1.21 bits per heavy atom. The fraction of sp³-hybridized carbons (Fsp3) is 0.316. The maximum absolute atomic E-state index is 13.2. The van der Waals surface area contributed by atoms with E-state index in [1.807, 2.05) is 0 Å². The van der Waals surface area contributed by atoms with Crippen LogP contribution >= 0.6 is 0 Å². The van der Waals surface area contributed by atoms with E-state index in [1.54, 1.807) is 0 Å². The minimum atomic E-state index is -5.27. The summed E-state index contributed by atoms with van der Waals surface area (Å²) >= 11 is 0. The molecule has 0 aliphatic heterocycles. The molecule has 0 bridgehead atoms. The minimum absolute atomic E-state index is 0.138. The van der Waals surface area contributed by atoms with Crippen LogP contribution in [0.15, 0.2) is 36.4 Å². The molecule has 0 aliphatic carbocycles. The number of nitrogens with zero attached hydrogens (tertiary/aromatic N) is 2. The second-order valence-corrected chi connectivity index (χ2v) is 6.70. The summed E-state index contributed by atoms with van der Waals surface area (Å²) in [6, 6.07) is 1.54. The molecule has 0 spiro atoms. The molecule has 2 aromatic carbocycles. The molecule has 2 nitrogen and oxygen atoms in total. The van der Waals surface area contributed by atoms with Gasteiger partial charge in [0.25, 0.3) is 0 Å². The zero-order chi connectivity index (χ0) is 25.4. The topological polar surface area (TPSA) is 7.60 Å². The summed E-state index contributed by atoms with van der Waals surface area (Å²) in [5.41, 5.74) is -7.82. The van der Waals surface area contributed by atoms with E-state index in [9.17, 15) is 52.7 Å².